The van der Waals surface area contributed by atoms with Crippen molar-refractivity contribution in [1.82, 2.24) is 14.5 Å². The fraction of sp³-hybridized carbons (Fsp3) is 0.227. The number of hydrogen-bond acceptors (Lipinski definition) is 4. The molecule has 2 heterocycles. The van der Waals surface area contributed by atoms with Crippen LogP contribution in [0, 0.1) is 13.8 Å². The Labute approximate surface area is 168 Å². The number of rotatable bonds is 6. The first-order valence-corrected chi connectivity index (χ1v) is 10.1. The Balaban J connectivity index is 1.64. The Bertz CT molecular complexity index is 1080. The lowest BCUT2D eigenvalue weighted by atomic mass is 10.1. The summed E-state index contributed by atoms with van der Waals surface area (Å²) in [5.41, 5.74) is 3.92. The van der Waals surface area contributed by atoms with Gasteiger partial charge in [0, 0.05) is 31.0 Å². The summed E-state index contributed by atoms with van der Waals surface area (Å²) >= 11 is 1.57. The van der Waals surface area contributed by atoms with Gasteiger partial charge in [-0.05, 0) is 44.0 Å². The SMILES string of the molecule is Cc1ccc(C(=O)N(CCCn2ccnc2)c2nc3c(C)cccc3s2)cc1. The third-order valence-corrected chi connectivity index (χ3v) is 5.78. The molecule has 0 radical (unpaired) electrons. The summed E-state index contributed by atoms with van der Waals surface area (Å²) in [6.07, 6.45) is 6.33. The Morgan fingerprint density at radius 1 is 1.14 bits per heavy atom. The van der Waals surface area contributed by atoms with Gasteiger partial charge in [0.15, 0.2) is 5.13 Å². The number of nitrogens with zero attached hydrogens (tertiary/aromatic N) is 4. The predicted molar refractivity (Wildman–Crippen MR) is 114 cm³/mol. The van der Waals surface area contributed by atoms with Crippen LogP contribution in [-0.4, -0.2) is 27.0 Å². The molecule has 0 unspecified atom stereocenters. The summed E-state index contributed by atoms with van der Waals surface area (Å²) in [6.45, 7) is 5.48. The van der Waals surface area contributed by atoms with Crippen LogP contribution in [0.15, 0.2) is 61.2 Å². The smallest absolute Gasteiger partial charge is 0.260 e. The predicted octanol–water partition coefficient (Wildman–Crippen LogP) is 4.85. The van der Waals surface area contributed by atoms with Crippen molar-refractivity contribution in [2.75, 3.05) is 11.4 Å². The van der Waals surface area contributed by atoms with Crippen molar-refractivity contribution >= 4 is 32.6 Å². The molecule has 0 N–H and O–H groups in total. The molecule has 0 atom stereocenters. The lowest BCUT2D eigenvalue weighted by molar-refractivity contribution is 0.0986. The number of carbonyl (C=O) groups is 1. The minimum absolute atomic E-state index is 0.0117. The van der Waals surface area contributed by atoms with E-state index in [-0.39, 0.29) is 5.91 Å². The molecule has 0 spiro atoms. The summed E-state index contributed by atoms with van der Waals surface area (Å²) in [6, 6.07) is 13.9. The second kappa shape index (κ2) is 7.94. The molecule has 1 amide bonds. The van der Waals surface area contributed by atoms with Crippen molar-refractivity contribution in [3.63, 3.8) is 0 Å². The van der Waals surface area contributed by atoms with Crippen LogP contribution in [0.1, 0.15) is 27.9 Å². The average Bonchev–Trinajstić information content (AvgIpc) is 3.36. The van der Waals surface area contributed by atoms with Crippen molar-refractivity contribution in [1.29, 1.82) is 0 Å². The zero-order chi connectivity index (χ0) is 19.5. The van der Waals surface area contributed by atoms with Crippen LogP contribution < -0.4 is 4.90 Å². The van der Waals surface area contributed by atoms with Crippen molar-refractivity contribution < 1.29 is 4.79 Å². The highest BCUT2D eigenvalue weighted by atomic mass is 32.1. The van der Waals surface area contributed by atoms with E-state index in [4.69, 9.17) is 4.98 Å². The second-order valence-corrected chi connectivity index (χ2v) is 7.90. The monoisotopic (exact) mass is 390 g/mol. The van der Waals surface area contributed by atoms with Gasteiger partial charge in [-0.2, -0.15) is 0 Å². The summed E-state index contributed by atoms with van der Waals surface area (Å²) in [5.74, 6) is -0.0117. The molecule has 0 saturated carbocycles. The number of amides is 1. The van der Waals surface area contributed by atoms with Gasteiger partial charge in [0.25, 0.3) is 5.91 Å². The minimum Gasteiger partial charge on any atom is -0.337 e. The Morgan fingerprint density at radius 3 is 2.68 bits per heavy atom. The molecule has 4 rings (SSSR count). The van der Waals surface area contributed by atoms with Crippen molar-refractivity contribution in [2.45, 2.75) is 26.8 Å². The molecule has 142 valence electrons. The van der Waals surface area contributed by atoms with Gasteiger partial charge in [-0.15, -0.1) is 0 Å². The topological polar surface area (TPSA) is 51.0 Å². The number of anilines is 1. The number of carbonyl (C=O) groups excluding carboxylic acids is 1. The van der Waals surface area contributed by atoms with Crippen molar-refractivity contribution in [2.24, 2.45) is 0 Å². The first-order valence-electron chi connectivity index (χ1n) is 9.32. The summed E-state index contributed by atoms with van der Waals surface area (Å²) in [7, 11) is 0. The summed E-state index contributed by atoms with van der Waals surface area (Å²) in [4.78, 5) is 24.0. The highest BCUT2D eigenvalue weighted by molar-refractivity contribution is 7.22. The van der Waals surface area contributed by atoms with Gasteiger partial charge < -0.3 is 4.57 Å². The molecule has 28 heavy (non-hydrogen) atoms. The van der Waals surface area contributed by atoms with E-state index in [0.717, 1.165) is 39.4 Å². The summed E-state index contributed by atoms with van der Waals surface area (Å²) < 4.78 is 3.13. The van der Waals surface area contributed by atoms with E-state index in [1.54, 1.807) is 23.9 Å². The molecular formula is C22H22N4OS. The Kier molecular flexibility index (Phi) is 5.21. The number of para-hydroxylation sites is 1. The first-order chi connectivity index (χ1) is 13.6. The molecular weight excluding hydrogens is 368 g/mol. The van der Waals surface area contributed by atoms with Crippen LogP contribution in [0.2, 0.25) is 0 Å². The highest BCUT2D eigenvalue weighted by Gasteiger charge is 2.21. The molecule has 0 aliphatic rings. The zero-order valence-corrected chi connectivity index (χ0v) is 16.8. The number of hydrogen-bond donors (Lipinski definition) is 0. The fourth-order valence-corrected chi connectivity index (χ4v) is 4.22. The normalized spacial score (nSPS) is 11.1. The van der Waals surface area contributed by atoms with E-state index >= 15 is 0 Å². The van der Waals surface area contributed by atoms with E-state index < -0.39 is 0 Å². The van der Waals surface area contributed by atoms with Crippen LogP contribution in [0.5, 0.6) is 0 Å². The van der Waals surface area contributed by atoms with Gasteiger partial charge >= 0.3 is 0 Å². The van der Waals surface area contributed by atoms with Crippen LogP contribution in [0.4, 0.5) is 5.13 Å². The Hall–Kier alpha value is -2.99. The number of imidazole rings is 1. The van der Waals surface area contributed by atoms with Gasteiger partial charge in [0.1, 0.15) is 0 Å². The van der Waals surface area contributed by atoms with Crippen LogP contribution in [0.25, 0.3) is 10.2 Å². The fourth-order valence-electron chi connectivity index (χ4n) is 3.16. The molecule has 0 aliphatic heterocycles. The van der Waals surface area contributed by atoms with Gasteiger partial charge in [0.2, 0.25) is 0 Å². The van der Waals surface area contributed by atoms with Gasteiger partial charge in [-0.1, -0.05) is 41.2 Å². The van der Waals surface area contributed by atoms with Crippen LogP contribution in [0.3, 0.4) is 0 Å². The molecule has 0 bridgehead atoms. The Morgan fingerprint density at radius 2 is 1.96 bits per heavy atom. The lowest BCUT2D eigenvalue weighted by Crippen LogP contribution is -2.32. The van der Waals surface area contributed by atoms with E-state index in [9.17, 15) is 4.79 Å². The van der Waals surface area contributed by atoms with Gasteiger partial charge in [-0.25, -0.2) is 9.97 Å². The highest BCUT2D eigenvalue weighted by Crippen LogP contribution is 2.31. The van der Waals surface area contributed by atoms with Gasteiger partial charge in [0.05, 0.1) is 16.5 Å². The van der Waals surface area contributed by atoms with Crippen LogP contribution >= 0.6 is 11.3 Å². The third-order valence-electron chi connectivity index (χ3n) is 4.74. The van der Waals surface area contributed by atoms with Crippen LogP contribution in [-0.2, 0) is 6.54 Å². The third kappa shape index (κ3) is 3.82. The molecule has 2 aromatic carbocycles. The first kappa shape index (κ1) is 18.4. The minimum atomic E-state index is -0.0117. The molecule has 5 nitrogen and oxygen atoms in total. The quantitative estimate of drug-likeness (QED) is 0.473. The van der Waals surface area contributed by atoms with Gasteiger partial charge in [-0.3, -0.25) is 9.69 Å². The number of benzene rings is 2. The van der Waals surface area contributed by atoms with Crippen molar-refractivity contribution in [3.8, 4) is 0 Å². The molecule has 0 aliphatic carbocycles. The van der Waals surface area contributed by atoms with Crippen molar-refractivity contribution in [3.05, 3.63) is 77.9 Å². The second-order valence-electron chi connectivity index (χ2n) is 6.89. The van der Waals surface area contributed by atoms with E-state index in [1.165, 1.54) is 0 Å². The molecule has 0 fully saturated rings. The largest absolute Gasteiger partial charge is 0.337 e. The average molecular weight is 391 g/mol. The molecule has 0 saturated heterocycles. The summed E-state index contributed by atoms with van der Waals surface area (Å²) in [5, 5.41) is 0.750. The zero-order valence-electron chi connectivity index (χ0n) is 16.0. The maximum atomic E-state index is 13.3. The number of thiazole rings is 1. The van der Waals surface area contributed by atoms with E-state index in [1.807, 2.05) is 52.9 Å². The maximum absolute atomic E-state index is 13.3. The lowest BCUT2D eigenvalue weighted by Gasteiger charge is -2.20. The number of aromatic nitrogens is 3. The maximum Gasteiger partial charge on any atom is 0.260 e. The van der Waals surface area contributed by atoms with E-state index in [2.05, 4.69) is 24.0 Å². The molecule has 6 heteroatoms. The van der Waals surface area contributed by atoms with E-state index in [0.29, 0.717) is 12.1 Å². The molecule has 2 aromatic heterocycles. The number of fused-ring (bicyclic) bond motifs is 1. The standard InChI is InChI=1S/C22H22N4OS/c1-16-7-9-18(10-8-16)21(27)26(13-4-12-25-14-11-23-15-25)22-24-20-17(2)5-3-6-19(20)28-22/h3,5-11,14-15H,4,12-13H2,1-2H3. The number of aryl methyl sites for hydroxylation is 3. The molecule has 4 aromatic rings.